The topological polar surface area (TPSA) is 84.7 Å². The molecular formula is C27H24ClN3O4. The number of nitrogens with zero attached hydrogens (tertiary/aromatic N) is 3. The summed E-state index contributed by atoms with van der Waals surface area (Å²) in [6, 6.07) is 20.5. The second kappa shape index (κ2) is 9.80. The summed E-state index contributed by atoms with van der Waals surface area (Å²) in [5.41, 5.74) is 4.69. The minimum Gasteiger partial charge on any atom is -0.482 e. The van der Waals surface area contributed by atoms with Crippen molar-refractivity contribution in [3.8, 4) is 5.75 Å². The Morgan fingerprint density at radius 1 is 1.06 bits per heavy atom. The zero-order valence-corrected chi connectivity index (χ0v) is 19.7. The smallest absolute Gasteiger partial charge is 0.341 e. The third-order valence-corrected chi connectivity index (χ3v) is 6.55. The Kier molecular flexibility index (Phi) is 6.42. The highest BCUT2D eigenvalue weighted by Gasteiger charge is 2.34. The van der Waals surface area contributed by atoms with Crippen molar-refractivity contribution < 1.29 is 19.4 Å². The van der Waals surface area contributed by atoms with E-state index in [4.69, 9.17) is 21.4 Å². The lowest BCUT2D eigenvalue weighted by molar-refractivity contribution is -0.139. The molecule has 0 spiro atoms. The van der Waals surface area contributed by atoms with Crippen LogP contribution in [0.3, 0.4) is 0 Å². The number of carbonyl (C=O) groups excluding carboxylic acids is 1. The third-order valence-electron chi connectivity index (χ3n) is 6.32. The molecule has 0 bridgehead atoms. The lowest BCUT2D eigenvalue weighted by Gasteiger charge is -2.38. The number of carboxylic acid groups (broad SMARTS) is 1. The summed E-state index contributed by atoms with van der Waals surface area (Å²) in [6.45, 7) is 0.558. The number of hydrogen-bond donors (Lipinski definition) is 1. The summed E-state index contributed by atoms with van der Waals surface area (Å²) in [6.07, 6.45) is 2.79. The van der Waals surface area contributed by atoms with Crippen molar-refractivity contribution in [2.75, 3.05) is 13.2 Å². The van der Waals surface area contributed by atoms with E-state index in [1.54, 1.807) is 24.5 Å². The van der Waals surface area contributed by atoms with Crippen molar-refractivity contribution in [1.29, 1.82) is 0 Å². The Morgan fingerprint density at radius 2 is 1.86 bits per heavy atom. The molecule has 1 aromatic heterocycles. The average Bonchev–Trinajstić information content (AvgIpc) is 3.29. The monoisotopic (exact) mass is 489 g/mol. The SMILES string of the molecule is O=C(O)COc1ccc(Cl)cc1C1c2ccccc2CCN1C(=O)CCn1cnc2ccccc21. The largest absolute Gasteiger partial charge is 0.482 e. The standard InChI is InChI=1S/C27H24ClN3O4/c28-19-9-10-24(35-16-26(33)34)21(15-19)27-20-6-2-1-5-18(20)11-14-31(27)25(32)12-13-30-17-29-22-7-3-4-8-23(22)30/h1-10,15,17,27H,11-14,16H2,(H,33,34). The van der Waals surface area contributed by atoms with Gasteiger partial charge in [-0.3, -0.25) is 4.79 Å². The molecule has 1 amide bonds. The van der Waals surface area contributed by atoms with E-state index in [0.717, 1.165) is 28.6 Å². The maximum absolute atomic E-state index is 13.6. The summed E-state index contributed by atoms with van der Waals surface area (Å²) in [7, 11) is 0. The molecule has 1 aliphatic rings. The van der Waals surface area contributed by atoms with Crippen LogP contribution in [-0.2, 0) is 22.6 Å². The predicted octanol–water partition coefficient (Wildman–Crippen LogP) is 4.72. The van der Waals surface area contributed by atoms with Crippen molar-refractivity contribution in [3.05, 3.63) is 94.8 Å². The van der Waals surface area contributed by atoms with Gasteiger partial charge in [0.05, 0.1) is 23.4 Å². The molecule has 0 radical (unpaired) electrons. The van der Waals surface area contributed by atoms with E-state index in [0.29, 0.717) is 35.8 Å². The number of aryl methyl sites for hydroxylation is 1. The number of carbonyl (C=O) groups is 2. The molecule has 8 heteroatoms. The number of para-hydroxylation sites is 2. The molecule has 1 unspecified atom stereocenters. The van der Waals surface area contributed by atoms with Crippen molar-refractivity contribution in [3.63, 3.8) is 0 Å². The molecule has 0 fully saturated rings. The first kappa shape index (κ1) is 22.9. The van der Waals surface area contributed by atoms with Gasteiger partial charge in [0.15, 0.2) is 6.61 Å². The van der Waals surface area contributed by atoms with Crippen LogP contribution in [0, 0.1) is 0 Å². The highest BCUT2D eigenvalue weighted by molar-refractivity contribution is 6.30. The molecule has 2 heterocycles. The van der Waals surface area contributed by atoms with E-state index in [2.05, 4.69) is 11.1 Å². The number of rotatable bonds is 7. The molecular weight excluding hydrogens is 466 g/mol. The highest BCUT2D eigenvalue weighted by atomic mass is 35.5. The quantitative estimate of drug-likeness (QED) is 0.406. The van der Waals surface area contributed by atoms with Crippen LogP contribution in [0.4, 0.5) is 0 Å². The van der Waals surface area contributed by atoms with Crippen LogP contribution in [-0.4, -0.2) is 44.6 Å². The van der Waals surface area contributed by atoms with Gasteiger partial charge >= 0.3 is 5.97 Å². The lowest BCUT2D eigenvalue weighted by atomic mass is 9.87. The predicted molar refractivity (Wildman–Crippen MR) is 133 cm³/mol. The molecule has 1 atom stereocenters. The molecule has 7 nitrogen and oxygen atoms in total. The number of fused-ring (bicyclic) bond motifs is 2. The maximum Gasteiger partial charge on any atom is 0.341 e. The van der Waals surface area contributed by atoms with Crippen molar-refractivity contribution in [2.45, 2.75) is 25.4 Å². The third kappa shape index (κ3) is 4.72. The minimum absolute atomic E-state index is 0.00792. The molecule has 1 N–H and O–H groups in total. The molecule has 0 saturated carbocycles. The summed E-state index contributed by atoms with van der Waals surface area (Å²) >= 11 is 6.35. The van der Waals surface area contributed by atoms with Gasteiger partial charge < -0.3 is 19.3 Å². The van der Waals surface area contributed by atoms with Crippen LogP contribution in [0.1, 0.15) is 29.2 Å². The Balaban J connectivity index is 1.48. The van der Waals surface area contributed by atoms with Gasteiger partial charge in [0.2, 0.25) is 5.91 Å². The van der Waals surface area contributed by atoms with Gasteiger partial charge in [-0.1, -0.05) is 48.0 Å². The van der Waals surface area contributed by atoms with E-state index >= 15 is 0 Å². The summed E-state index contributed by atoms with van der Waals surface area (Å²) in [5.74, 6) is -0.682. The number of carboxylic acids is 1. The Bertz CT molecular complexity index is 1400. The van der Waals surface area contributed by atoms with Crippen LogP contribution in [0.2, 0.25) is 5.02 Å². The van der Waals surface area contributed by atoms with Crippen LogP contribution in [0.25, 0.3) is 11.0 Å². The van der Waals surface area contributed by atoms with Crippen LogP contribution in [0.15, 0.2) is 73.1 Å². The Hall–Kier alpha value is -3.84. The highest BCUT2D eigenvalue weighted by Crippen LogP contribution is 2.40. The normalized spacial score (nSPS) is 15.1. The number of aliphatic carboxylic acids is 1. The van der Waals surface area contributed by atoms with Gasteiger partial charge in [-0.15, -0.1) is 0 Å². The second-order valence-corrected chi connectivity index (χ2v) is 8.92. The van der Waals surface area contributed by atoms with Crippen LogP contribution in [0.5, 0.6) is 5.75 Å². The number of amides is 1. The first-order valence-corrected chi connectivity index (χ1v) is 11.8. The molecule has 178 valence electrons. The van der Waals surface area contributed by atoms with Gasteiger partial charge in [-0.05, 0) is 47.9 Å². The fraction of sp³-hybridized carbons (Fsp3) is 0.222. The van der Waals surface area contributed by atoms with Crippen LogP contribution < -0.4 is 4.74 Å². The fourth-order valence-corrected chi connectivity index (χ4v) is 4.90. The first-order valence-electron chi connectivity index (χ1n) is 11.4. The lowest BCUT2D eigenvalue weighted by Crippen LogP contribution is -2.41. The summed E-state index contributed by atoms with van der Waals surface area (Å²) in [4.78, 5) is 31.0. The number of imidazole rings is 1. The summed E-state index contributed by atoms with van der Waals surface area (Å²) < 4.78 is 7.60. The maximum atomic E-state index is 13.6. The number of hydrogen-bond acceptors (Lipinski definition) is 4. The minimum atomic E-state index is -1.07. The second-order valence-electron chi connectivity index (χ2n) is 8.48. The molecule has 4 aromatic rings. The average molecular weight is 490 g/mol. The van der Waals surface area contributed by atoms with Crippen LogP contribution >= 0.6 is 11.6 Å². The molecule has 5 rings (SSSR count). The van der Waals surface area contributed by atoms with Gasteiger partial charge in [-0.25, -0.2) is 9.78 Å². The molecule has 1 aliphatic heterocycles. The number of ether oxygens (including phenoxy) is 1. The van der Waals surface area contributed by atoms with E-state index < -0.39 is 18.6 Å². The molecule has 0 saturated heterocycles. The van der Waals surface area contributed by atoms with Gasteiger partial charge in [-0.2, -0.15) is 0 Å². The Morgan fingerprint density at radius 3 is 2.71 bits per heavy atom. The number of halogens is 1. The Labute approximate surface area is 207 Å². The number of benzene rings is 3. The van der Waals surface area contributed by atoms with E-state index in [1.807, 2.05) is 51.9 Å². The van der Waals surface area contributed by atoms with Crippen molar-refractivity contribution in [1.82, 2.24) is 14.5 Å². The zero-order chi connectivity index (χ0) is 24.4. The fourth-order valence-electron chi connectivity index (χ4n) is 4.72. The van der Waals surface area contributed by atoms with E-state index in [1.165, 1.54) is 0 Å². The molecule has 35 heavy (non-hydrogen) atoms. The van der Waals surface area contributed by atoms with Crippen molar-refractivity contribution >= 4 is 34.5 Å². The van der Waals surface area contributed by atoms with Crippen molar-refractivity contribution in [2.24, 2.45) is 0 Å². The zero-order valence-electron chi connectivity index (χ0n) is 18.9. The molecule has 0 aliphatic carbocycles. The van der Waals surface area contributed by atoms with Gasteiger partial charge in [0.25, 0.3) is 0 Å². The van der Waals surface area contributed by atoms with Gasteiger partial charge in [0.1, 0.15) is 5.75 Å². The van der Waals surface area contributed by atoms with Gasteiger partial charge in [0, 0.05) is 30.1 Å². The number of aromatic nitrogens is 2. The summed E-state index contributed by atoms with van der Waals surface area (Å²) in [5, 5.41) is 9.63. The molecule has 3 aromatic carbocycles. The van der Waals surface area contributed by atoms with E-state index in [9.17, 15) is 9.59 Å². The van der Waals surface area contributed by atoms with E-state index in [-0.39, 0.29) is 5.91 Å². The first-order chi connectivity index (χ1) is 17.0.